The van der Waals surface area contributed by atoms with Crippen molar-refractivity contribution in [2.24, 2.45) is 0 Å². The largest absolute Gasteiger partial charge is 0.497 e. The molecule has 0 radical (unpaired) electrons. The molecule has 2 N–H and O–H groups in total. The van der Waals surface area contributed by atoms with E-state index in [1.54, 1.807) is 48.7 Å². The summed E-state index contributed by atoms with van der Waals surface area (Å²) in [5, 5.41) is 11.8. The molecule has 0 spiro atoms. The Hall–Kier alpha value is -3.35. The zero-order chi connectivity index (χ0) is 16.1. The molecule has 7 heteroatoms. The molecule has 0 atom stereocenters. The second-order valence-electron chi connectivity index (χ2n) is 4.63. The molecule has 0 saturated heterocycles. The van der Waals surface area contributed by atoms with Gasteiger partial charge < -0.3 is 9.72 Å². The fourth-order valence-corrected chi connectivity index (χ4v) is 2.17. The van der Waals surface area contributed by atoms with Crippen LogP contribution in [0.1, 0.15) is 0 Å². The number of fused-ring (bicyclic) bond motifs is 1. The molecule has 0 fully saturated rings. The standard InChI is InChI=1S/C13H11N3O2.C3H4N2/c1-18-9-3-4-10-11(7-9)12(8-14-13(10)17)16-6-2-5-15-16;1-2-4-5-3-1/h2-8H,1H3,(H,14,17);1-3H,(H,4,5). The number of methoxy groups -OCH3 is 1. The molecule has 0 saturated carbocycles. The molecule has 1 aromatic carbocycles. The molecule has 0 bridgehead atoms. The second-order valence-corrected chi connectivity index (χ2v) is 4.63. The van der Waals surface area contributed by atoms with Gasteiger partial charge in [0.2, 0.25) is 0 Å². The predicted octanol–water partition coefficient (Wildman–Crippen LogP) is 2.13. The number of nitrogens with one attached hydrogen (secondary N) is 2. The number of ether oxygens (including phenoxy) is 1. The Bertz CT molecular complexity index is 910. The minimum Gasteiger partial charge on any atom is -0.497 e. The Kier molecular flexibility index (Phi) is 4.19. The van der Waals surface area contributed by atoms with E-state index in [4.69, 9.17) is 4.74 Å². The first-order chi connectivity index (χ1) is 11.3. The zero-order valence-corrected chi connectivity index (χ0v) is 12.4. The molecule has 0 aliphatic heterocycles. The van der Waals surface area contributed by atoms with Crippen LogP contribution in [-0.2, 0) is 0 Å². The summed E-state index contributed by atoms with van der Waals surface area (Å²) < 4.78 is 6.90. The summed E-state index contributed by atoms with van der Waals surface area (Å²) in [4.78, 5) is 14.5. The van der Waals surface area contributed by atoms with Crippen molar-refractivity contribution >= 4 is 10.8 Å². The van der Waals surface area contributed by atoms with Gasteiger partial charge in [-0.05, 0) is 30.3 Å². The molecule has 3 heterocycles. The maximum Gasteiger partial charge on any atom is 0.255 e. The molecule has 7 nitrogen and oxygen atoms in total. The zero-order valence-electron chi connectivity index (χ0n) is 12.4. The molecule has 0 amide bonds. The van der Waals surface area contributed by atoms with Gasteiger partial charge >= 0.3 is 0 Å². The van der Waals surface area contributed by atoms with Crippen LogP contribution in [0.3, 0.4) is 0 Å². The Labute approximate surface area is 131 Å². The van der Waals surface area contributed by atoms with Crippen molar-refractivity contribution in [3.63, 3.8) is 0 Å². The molecule has 4 aromatic rings. The number of H-pyrrole nitrogens is 2. The van der Waals surface area contributed by atoms with E-state index in [1.807, 2.05) is 24.4 Å². The number of pyridine rings is 1. The third-order valence-electron chi connectivity index (χ3n) is 3.24. The molecule has 3 aromatic heterocycles. The first kappa shape index (κ1) is 14.6. The summed E-state index contributed by atoms with van der Waals surface area (Å²) >= 11 is 0. The number of aromatic nitrogens is 5. The number of aromatic amines is 2. The Balaban J connectivity index is 0.000000267. The molecule has 0 unspecified atom stereocenters. The highest BCUT2D eigenvalue weighted by Crippen LogP contribution is 2.23. The van der Waals surface area contributed by atoms with Crippen LogP contribution in [0, 0.1) is 0 Å². The molecule has 0 aliphatic rings. The highest BCUT2D eigenvalue weighted by atomic mass is 16.5. The van der Waals surface area contributed by atoms with Crippen LogP contribution in [0.25, 0.3) is 16.5 Å². The highest BCUT2D eigenvalue weighted by molar-refractivity contribution is 5.90. The summed E-state index contributed by atoms with van der Waals surface area (Å²) in [5.41, 5.74) is 0.692. The van der Waals surface area contributed by atoms with Crippen LogP contribution in [0.15, 0.2) is 66.1 Å². The average molecular weight is 309 g/mol. The lowest BCUT2D eigenvalue weighted by Crippen LogP contribution is -2.08. The van der Waals surface area contributed by atoms with Gasteiger partial charge in [-0.2, -0.15) is 10.2 Å². The molecule has 4 rings (SSSR count). The minimum atomic E-state index is -0.122. The quantitative estimate of drug-likeness (QED) is 0.593. The Morgan fingerprint density at radius 1 is 1.17 bits per heavy atom. The number of hydrogen-bond donors (Lipinski definition) is 2. The van der Waals surface area contributed by atoms with E-state index >= 15 is 0 Å². The van der Waals surface area contributed by atoms with Crippen molar-refractivity contribution in [2.45, 2.75) is 0 Å². The van der Waals surface area contributed by atoms with Gasteiger partial charge in [-0.25, -0.2) is 4.68 Å². The van der Waals surface area contributed by atoms with E-state index in [2.05, 4.69) is 20.3 Å². The van der Waals surface area contributed by atoms with E-state index in [1.165, 1.54) is 0 Å². The third kappa shape index (κ3) is 3.13. The summed E-state index contributed by atoms with van der Waals surface area (Å²) in [7, 11) is 1.60. The summed E-state index contributed by atoms with van der Waals surface area (Å²) in [5.74, 6) is 0.710. The van der Waals surface area contributed by atoms with E-state index in [0.717, 1.165) is 11.1 Å². The SMILES string of the molecule is COc1ccc2c(=O)[nH]cc(-n3cccn3)c2c1.c1cn[nH]c1. The lowest BCUT2D eigenvalue weighted by Gasteiger charge is -2.07. The maximum absolute atomic E-state index is 11.8. The van der Waals surface area contributed by atoms with Gasteiger partial charge in [0.25, 0.3) is 5.56 Å². The minimum absolute atomic E-state index is 0.122. The van der Waals surface area contributed by atoms with Crippen LogP contribution < -0.4 is 10.3 Å². The summed E-state index contributed by atoms with van der Waals surface area (Å²) in [6.45, 7) is 0. The topological polar surface area (TPSA) is 88.6 Å². The van der Waals surface area contributed by atoms with Crippen molar-refractivity contribution in [2.75, 3.05) is 7.11 Å². The third-order valence-corrected chi connectivity index (χ3v) is 3.24. The van der Waals surface area contributed by atoms with Gasteiger partial charge in [0, 0.05) is 41.8 Å². The van der Waals surface area contributed by atoms with Gasteiger partial charge in [0.1, 0.15) is 5.75 Å². The van der Waals surface area contributed by atoms with Crippen LogP contribution in [0.5, 0.6) is 5.75 Å². The van der Waals surface area contributed by atoms with Crippen molar-refractivity contribution in [3.05, 3.63) is 71.7 Å². The van der Waals surface area contributed by atoms with Crippen LogP contribution in [0.4, 0.5) is 0 Å². The van der Waals surface area contributed by atoms with Crippen molar-refractivity contribution in [1.29, 1.82) is 0 Å². The fraction of sp³-hybridized carbons (Fsp3) is 0.0625. The Morgan fingerprint density at radius 3 is 2.70 bits per heavy atom. The Morgan fingerprint density at radius 2 is 2.09 bits per heavy atom. The predicted molar refractivity (Wildman–Crippen MR) is 86.8 cm³/mol. The molecule has 0 aliphatic carbocycles. The van der Waals surface area contributed by atoms with Crippen molar-refractivity contribution < 1.29 is 4.74 Å². The first-order valence-electron chi connectivity index (χ1n) is 6.93. The van der Waals surface area contributed by atoms with Crippen LogP contribution >= 0.6 is 0 Å². The second kappa shape index (κ2) is 6.61. The summed E-state index contributed by atoms with van der Waals surface area (Å²) in [6.07, 6.45) is 8.63. The maximum atomic E-state index is 11.8. The lowest BCUT2D eigenvalue weighted by atomic mass is 10.1. The molecular formula is C16H15N5O2. The smallest absolute Gasteiger partial charge is 0.255 e. The number of rotatable bonds is 2. The van der Waals surface area contributed by atoms with Gasteiger partial charge in [-0.3, -0.25) is 9.89 Å². The van der Waals surface area contributed by atoms with E-state index in [0.29, 0.717) is 11.1 Å². The number of nitrogens with zero attached hydrogens (tertiary/aromatic N) is 3. The normalized spacial score (nSPS) is 10.1. The van der Waals surface area contributed by atoms with Crippen LogP contribution in [-0.4, -0.2) is 32.1 Å². The van der Waals surface area contributed by atoms with Gasteiger partial charge in [0.05, 0.1) is 12.8 Å². The molecule has 23 heavy (non-hydrogen) atoms. The highest BCUT2D eigenvalue weighted by Gasteiger charge is 2.07. The van der Waals surface area contributed by atoms with E-state index in [9.17, 15) is 4.79 Å². The van der Waals surface area contributed by atoms with Gasteiger partial charge in [0.15, 0.2) is 0 Å². The number of hydrogen-bond acceptors (Lipinski definition) is 4. The lowest BCUT2D eigenvalue weighted by molar-refractivity contribution is 0.415. The van der Waals surface area contributed by atoms with E-state index in [-0.39, 0.29) is 5.56 Å². The molecule has 116 valence electrons. The van der Waals surface area contributed by atoms with Crippen LogP contribution in [0.2, 0.25) is 0 Å². The summed E-state index contributed by atoms with van der Waals surface area (Å²) in [6, 6.07) is 9.02. The van der Waals surface area contributed by atoms with Crippen molar-refractivity contribution in [1.82, 2.24) is 25.0 Å². The van der Waals surface area contributed by atoms with Gasteiger partial charge in [-0.1, -0.05) is 0 Å². The average Bonchev–Trinajstić information content (AvgIpc) is 3.31. The number of benzene rings is 1. The first-order valence-corrected chi connectivity index (χ1v) is 6.93. The molecular weight excluding hydrogens is 294 g/mol. The monoisotopic (exact) mass is 309 g/mol. The fourth-order valence-electron chi connectivity index (χ4n) is 2.17. The van der Waals surface area contributed by atoms with Crippen molar-refractivity contribution in [3.8, 4) is 11.4 Å². The van der Waals surface area contributed by atoms with Gasteiger partial charge in [-0.15, -0.1) is 0 Å². The van der Waals surface area contributed by atoms with E-state index < -0.39 is 0 Å².